The van der Waals surface area contributed by atoms with Crippen molar-refractivity contribution in [3.8, 4) is 0 Å². The van der Waals surface area contributed by atoms with Crippen LogP contribution in [-0.4, -0.2) is 16.6 Å². The van der Waals surface area contributed by atoms with E-state index in [1.165, 1.54) is 0 Å². The smallest absolute Gasteiger partial charge is 0.225 e. The number of halogens is 1. The van der Waals surface area contributed by atoms with E-state index < -0.39 is 0 Å². The van der Waals surface area contributed by atoms with Crippen molar-refractivity contribution in [3.63, 3.8) is 0 Å². The van der Waals surface area contributed by atoms with Crippen LogP contribution >= 0.6 is 34.7 Å². The van der Waals surface area contributed by atoms with Crippen molar-refractivity contribution >= 4 is 56.5 Å². The predicted octanol–water partition coefficient (Wildman–Crippen LogP) is 5.38. The first-order valence-corrected chi connectivity index (χ1v) is 9.33. The fraction of sp³-hybridized carbons (Fsp3) is 0.176. The molecule has 1 aromatic heterocycles. The molecule has 0 saturated heterocycles. The van der Waals surface area contributed by atoms with Gasteiger partial charge in [-0.1, -0.05) is 11.6 Å². The maximum absolute atomic E-state index is 12.0. The molecule has 0 aliphatic rings. The van der Waals surface area contributed by atoms with Gasteiger partial charge in [-0.25, -0.2) is 4.98 Å². The number of carbonyl (C=O) groups is 1. The zero-order chi connectivity index (χ0) is 16.2. The van der Waals surface area contributed by atoms with Crippen LogP contribution in [0.3, 0.4) is 0 Å². The lowest BCUT2D eigenvalue weighted by molar-refractivity contribution is -0.115. The third kappa shape index (κ3) is 4.47. The SMILES string of the molecule is Cc1nc2ccc(NC(=O)CCSc3ccc(Cl)cc3)cc2s1. The van der Waals surface area contributed by atoms with Crippen LogP contribution in [0.2, 0.25) is 5.02 Å². The number of hydrogen-bond donors (Lipinski definition) is 1. The molecular weight excluding hydrogens is 348 g/mol. The number of aromatic nitrogens is 1. The Morgan fingerprint density at radius 3 is 2.83 bits per heavy atom. The van der Waals surface area contributed by atoms with E-state index in [1.54, 1.807) is 23.1 Å². The molecule has 118 valence electrons. The molecule has 0 aliphatic carbocycles. The van der Waals surface area contributed by atoms with Crippen molar-refractivity contribution in [1.29, 1.82) is 0 Å². The highest BCUT2D eigenvalue weighted by Crippen LogP contribution is 2.25. The first-order valence-electron chi connectivity index (χ1n) is 7.15. The van der Waals surface area contributed by atoms with E-state index in [9.17, 15) is 4.79 Å². The molecule has 0 aliphatic heterocycles. The van der Waals surface area contributed by atoms with Crippen LogP contribution in [0.25, 0.3) is 10.2 Å². The first-order chi connectivity index (χ1) is 11.1. The van der Waals surface area contributed by atoms with Crippen molar-refractivity contribution in [2.45, 2.75) is 18.2 Å². The summed E-state index contributed by atoms with van der Waals surface area (Å²) < 4.78 is 1.09. The largest absolute Gasteiger partial charge is 0.326 e. The summed E-state index contributed by atoms with van der Waals surface area (Å²) in [5.41, 5.74) is 1.80. The molecule has 0 atom stereocenters. The number of fused-ring (bicyclic) bond motifs is 1. The van der Waals surface area contributed by atoms with Gasteiger partial charge >= 0.3 is 0 Å². The second kappa shape index (κ2) is 7.34. The molecule has 0 spiro atoms. The number of hydrogen-bond acceptors (Lipinski definition) is 4. The predicted molar refractivity (Wildman–Crippen MR) is 99.8 cm³/mol. The fourth-order valence-electron chi connectivity index (χ4n) is 2.13. The van der Waals surface area contributed by atoms with Crippen LogP contribution in [0.4, 0.5) is 5.69 Å². The second-order valence-electron chi connectivity index (χ2n) is 5.02. The Morgan fingerprint density at radius 1 is 1.26 bits per heavy atom. The van der Waals surface area contributed by atoms with Gasteiger partial charge in [-0.05, 0) is 49.4 Å². The molecule has 1 amide bonds. The molecular formula is C17H15ClN2OS2. The number of thiazole rings is 1. The Kier molecular flexibility index (Phi) is 5.20. The van der Waals surface area contributed by atoms with E-state index in [4.69, 9.17) is 11.6 Å². The monoisotopic (exact) mass is 362 g/mol. The highest BCUT2D eigenvalue weighted by Gasteiger charge is 2.06. The minimum Gasteiger partial charge on any atom is -0.326 e. The number of rotatable bonds is 5. The Labute approximate surface area is 148 Å². The molecule has 0 bridgehead atoms. The van der Waals surface area contributed by atoms with Gasteiger partial charge in [0, 0.05) is 27.8 Å². The van der Waals surface area contributed by atoms with Gasteiger partial charge in [0.15, 0.2) is 0 Å². The van der Waals surface area contributed by atoms with Gasteiger partial charge in [0.2, 0.25) is 5.91 Å². The summed E-state index contributed by atoms with van der Waals surface area (Å²) in [6.07, 6.45) is 0.465. The summed E-state index contributed by atoms with van der Waals surface area (Å²) in [4.78, 5) is 17.6. The van der Waals surface area contributed by atoms with Crippen molar-refractivity contribution in [2.75, 3.05) is 11.1 Å². The van der Waals surface area contributed by atoms with E-state index in [2.05, 4.69) is 10.3 Å². The summed E-state index contributed by atoms with van der Waals surface area (Å²) in [5.74, 6) is 0.752. The number of thioether (sulfide) groups is 1. The number of amides is 1. The molecule has 3 aromatic rings. The number of aryl methyl sites for hydroxylation is 1. The zero-order valence-electron chi connectivity index (χ0n) is 12.5. The first kappa shape index (κ1) is 16.3. The topological polar surface area (TPSA) is 42.0 Å². The highest BCUT2D eigenvalue weighted by atomic mass is 35.5. The van der Waals surface area contributed by atoms with E-state index >= 15 is 0 Å². The maximum atomic E-state index is 12.0. The van der Waals surface area contributed by atoms with Gasteiger partial charge < -0.3 is 5.32 Å². The fourth-order valence-corrected chi connectivity index (χ4v) is 3.98. The lowest BCUT2D eigenvalue weighted by Crippen LogP contribution is -2.11. The van der Waals surface area contributed by atoms with E-state index in [-0.39, 0.29) is 5.91 Å². The minimum atomic E-state index is 0.0204. The second-order valence-corrected chi connectivity index (χ2v) is 7.86. The highest BCUT2D eigenvalue weighted by molar-refractivity contribution is 7.99. The van der Waals surface area contributed by atoms with Gasteiger partial charge in [-0.2, -0.15) is 0 Å². The third-order valence-corrected chi connectivity index (χ3v) is 5.39. The van der Waals surface area contributed by atoms with Crippen LogP contribution in [-0.2, 0) is 4.79 Å². The Hall–Kier alpha value is -1.56. The zero-order valence-corrected chi connectivity index (χ0v) is 14.9. The van der Waals surface area contributed by atoms with E-state index in [1.807, 2.05) is 49.4 Å². The lowest BCUT2D eigenvalue weighted by Gasteiger charge is -2.05. The molecule has 23 heavy (non-hydrogen) atoms. The van der Waals surface area contributed by atoms with Crippen LogP contribution < -0.4 is 5.32 Å². The van der Waals surface area contributed by atoms with Crippen LogP contribution in [0.15, 0.2) is 47.4 Å². The Balaban J connectivity index is 1.52. The van der Waals surface area contributed by atoms with Crippen LogP contribution in [0.1, 0.15) is 11.4 Å². The van der Waals surface area contributed by atoms with Gasteiger partial charge in [0.05, 0.1) is 15.2 Å². The van der Waals surface area contributed by atoms with Crippen LogP contribution in [0, 0.1) is 6.92 Å². The quantitative estimate of drug-likeness (QED) is 0.619. The van der Waals surface area contributed by atoms with Crippen molar-refractivity contribution < 1.29 is 4.79 Å². The van der Waals surface area contributed by atoms with Gasteiger partial charge in [-0.3, -0.25) is 4.79 Å². The average molecular weight is 363 g/mol. The number of carbonyl (C=O) groups excluding carboxylic acids is 1. The third-order valence-electron chi connectivity index (χ3n) is 3.19. The molecule has 1 N–H and O–H groups in total. The maximum Gasteiger partial charge on any atom is 0.225 e. The van der Waals surface area contributed by atoms with Crippen molar-refractivity contribution in [1.82, 2.24) is 4.98 Å². The Morgan fingerprint density at radius 2 is 2.04 bits per heavy atom. The molecule has 0 radical (unpaired) electrons. The van der Waals surface area contributed by atoms with Crippen molar-refractivity contribution in [2.24, 2.45) is 0 Å². The number of nitrogens with one attached hydrogen (secondary N) is 1. The molecule has 2 aromatic carbocycles. The average Bonchev–Trinajstić information content (AvgIpc) is 2.88. The van der Waals surface area contributed by atoms with Crippen molar-refractivity contribution in [3.05, 3.63) is 52.5 Å². The minimum absolute atomic E-state index is 0.0204. The van der Waals surface area contributed by atoms with E-state index in [0.29, 0.717) is 6.42 Å². The molecule has 0 saturated carbocycles. The standard InChI is InChI=1S/C17H15ClN2OS2/c1-11-19-15-7-4-13(10-16(15)23-11)20-17(21)8-9-22-14-5-2-12(18)3-6-14/h2-7,10H,8-9H2,1H3,(H,20,21). The summed E-state index contributed by atoms with van der Waals surface area (Å²) in [5, 5.41) is 4.70. The molecule has 1 heterocycles. The summed E-state index contributed by atoms with van der Waals surface area (Å²) in [7, 11) is 0. The number of anilines is 1. The summed E-state index contributed by atoms with van der Waals surface area (Å²) in [6, 6.07) is 13.5. The summed E-state index contributed by atoms with van der Waals surface area (Å²) in [6.45, 7) is 1.98. The van der Waals surface area contributed by atoms with Crippen LogP contribution in [0.5, 0.6) is 0 Å². The number of nitrogens with zero attached hydrogens (tertiary/aromatic N) is 1. The molecule has 3 rings (SSSR count). The molecule has 3 nitrogen and oxygen atoms in total. The number of benzene rings is 2. The molecule has 6 heteroatoms. The van der Waals surface area contributed by atoms with Gasteiger partial charge in [0.25, 0.3) is 0 Å². The Bertz CT molecular complexity index is 830. The normalized spacial score (nSPS) is 10.9. The molecule has 0 fully saturated rings. The van der Waals surface area contributed by atoms with Gasteiger partial charge in [-0.15, -0.1) is 23.1 Å². The molecule has 0 unspecified atom stereocenters. The lowest BCUT2D eigenvalue weighted by atomic mass is 10.3. The summed E-state index contributed by atoms with van der Waals surface area (Å²) >= 11 is 9.13. The van der Waals surface area contributed by atoms with E-state index in [0.717, 1.165) is 36.6 Å². The van der Waals surface area contributed by atoms with Gasteiger partial charge in [0.1, 0.15) is 0 Å².